The van der Waals surface area contributed by atoms with Gasteiger partial charge in [-0.3, -0.25) is 9.59 Å². The molecular weight excluding hydrogens is 302 g/mol. The van der Waals surface area contributed by atoms with Crippen LogP contribution in [0.1, 0.15) is 39.8 Å². The van der Waals surface area contributed by atoms with Gasteiger partial charge in [-0.2, -0.15) is 0 Å². The van der Waals surface area contributed by atoms with Crippen LogP contribution in [0.3, 0.4) is 0 Å². The van der Waals surface area contributed by atoms with E-state index in [0.717, 1.165) is 24.1 Å². The van der Waals surface area contributed by atoms with E-state index in [1.807, 2.05) is 52.4 Å². The molecule has 1 aliphatic heterocycles. The third kappa shape index (κ3) is 3.35. The highest BCUT2D eigenvalue weighted by Crippen LogP contribution is 2.15. The molecule has 1 saturated heterocycles. The Balaban J connectivity index is 1.61. The summed E-state index contributed by atoms with van der Waals surface area (Å²) < 4.78 is 0. The predicted octanol–water partition coefficient (Wildman–Crippen LogP) is 2.57. The van der Waals surface area contributed by atoms with Crippen LogP contribution in [0.25, 0.3) is 0 Å². The van der Waals surface area contributed by atoms with Crippen molar-refractivity contribution in [2.24, 2.45) is 0 Å². The molecule has 1 fully saturated rings. The second kappa shape index (κ2) is 7.34. The van der Waals surface area contributed by atoms with Crippen molar-refractivity contribution in [1.29, 1.82) is 0 Å². The predicted molar refractivity (Wildman–Crippen MR) is 93.0 cm³/mol. The second-order valence-corrected chi connectivity index (χ2v) is 6.07. The maximum atomic E-state index is 12.7. The van der Waals surface area contributed by atoms with Crippen LogP contribution in [0.2, 0.25) is 0 Å². The molecule has 1 aromatic carbocycles. The number of nitrogens with one attached hydrogen (secondary N) is 1. The van der Waals surface area contributed by atoms with Gasteiger partial charge < -0.3 is 14.8 Å². The summed E-state index contributed by atoms with van der Waals surface area (Å²) in [5, 5.41) is 0. The molecule has 0 saturated carbocycles. The summed E-state index contributed by atoms with van der Waals surface area (Å²) in [6, 6.07) is 11.2. The number of rotatable bonds is 4. The van der Waals surface area contributed by atoms with Crippen LogP contribution in [-0.2, 0) is 6.42 Å². The molecular formula is C19H23N3O2. The maximum absolute atomic E-state index is 12.7. The van der Waals surface area contributed by atoms with Crippen LogP contribution >= 0.6 is 0 Å². The quantitative estimate of drug-likeness (QED) is 0.939. The molecule has 0 atom stereocenters. The summed E-state index contributed by atoms with van der Waals surface area (Å²) in [7, 11) is 0. The standard InChI is InChI=1S/C19H23N3O2/c1-2-6-17-16(9-10-20-17)19(24)22-13-11-21(12-14-22)18(23)15-7-4-3-5-8-15/h3-5,7-10,20H,2,6,11-14H2,1H3. The van der Waals surface area contributed by atoms with Crippen LogP contribution < -0.4 is 0 Å². The molecule has 24 heavy (non-hydrogen) atoms. The molecule has 2 aromatic rings. The Morgan fingerprint density at radius 2 is 1.58 bits per heavy atom. The van der Waals surface area contributed by atoms with E-state index in [0.29, 0.717) is 31.7 Å². The third-order valence-electron chi connectivity index (χ3n) is 4.44. The van der Waals surface area contributed by atoms with E-state index in [1.54, 1.807) is 0 Å². The molecule has 2 heterocycles. The topological polar surface area (TPSA) is 56.4 Å². The van der Waals surface area contributed by atoms with Crippen molar-refractivity contribution in [3.8, 4) is 0 Å². The molecule has 0 aliphatic carbocycles. The summed E-state index contributed by atoms with van der Waals surface area (Å²) in [4.78, 5) is 32.0. The smallest absolute Gasteiger partial charge is 0.255 e. The summed E-state index contributed by atoms with van der Waals surface area (Å²) in [6.45, 7) is 4.41. The lowest BCUT2D eigenvalue weighted by Crippen LogP contribution is -2.50. The van der Waals surface area contributed by atoms with E-state index in [1.165, 1.54) is 0 Å². The lowest BCUT2D eigenvalue weighted by atomic mass is 10.1. The van der Waals surface area contributed by atoms with Crippen molar-refractivity contribution < 1.29 is 9.59 Å². The monoisotopic (exact) mass is 325 g/mol. The van der Waals surface area contributed by atoms with E-state index in [4.69, 9.17) is 0 Å². The van der Waals surface area contributed by atoms with E-state index in [9.17, 15) is 9.59 Å². The number of nitrogens with zero attached hydrogens (tertiary/aromatic N) is 2. The summed E-state index contributed by atoms with van der Waals surface area (Å²) in [6.07, 6.45) is 3.70. The summed E-state index contributed by atoms with van der Waals surface area (Å²) in [5.41, 5.74) is 2.47. The number of piperazine rings is 1. The number of carbonyl (C=O) groups is 2. The van der Waals surface area contributed by atoms with Crippen molar-refractivity contribution in [3.05, 3.63) is 59.4 Å². The highest BCUT2D eigenvalue weighted by molar-refractivity contribution is 5.96. The largest absolute Gasteiger partial charge is 0.364 e. The Labute approximate surface area is 142 Å². The molecule has 0 radical (unpaired) electrons. The third-order valence-corrected chi connectivity index (χ3v) is 4.44. The van der Waals surface area contributed by atoms with Crippen molar-refractivity contribution in [2.75, 3.05) is 26.2 Å². The van der Waals surface area contributed by atoms with Gasteiger partial charge >= 0.3 is 0 Å². The number of hydrogen-bond acceptors (Lipinski definition) is 2. The second-order valence-electron chi connectivity index (χ2n) is 6.07. The first kappa shape index (κ1) is 16.3. The molecule has 0 spiro atoms. The van der Waals surface area contributed by atoms with Gasteiger partial charge in [-0.25, -0.2) is 0 Å². The van der Waals surface area contributed by atoms with Gasteiger partial charge in [-0.05, 0) is 24.6 Å². The number of carbonyl (C=O) groups excluding carboxylic acids is 2. The minimum atomic E-state index is 0.0380. The Bertz CT molecular complexity index is 700. The first-order chi connectivity index (χ1) is 11.7. The zero-order valence-electron chi connectivity index (χ0n) is 14.0. The van der Waals surface area contributed by atoms with Crippen LogP contribution in [0.4, 0.5) is 0 Å². The molecule has 5 nitrogen and oxygen atoms in total. The van der Waals surface area contributed by atoms with Gasteiger partial charge in [0.25, 0.3) is 11.8 Å². The minimum Gasteiger partial charge on any atom is -0.364 e. The average Bonchev–Trinajstić information content (AvgIpc) is 3.10. The van der Waals surface area contributed by atoms with Gasteiger partial charge in [-0.15, -0.1) is 0 Å². The highest BCUT2D eigenvalue weighted by atomic mass is 16.2. The van der Waals surface area contributed by atoms with Gasteiger partial charge in [0.2, 0.25) is 0 Å². The maximum Gasteiger partial charge on any atom is 0.255 e. The number of benzene rings is 1. The molecule has 1 N–H and O–H groups in total. The van der Waals surface area contributed by atoms with E-state index >= 15 is 0 Å². The van der Waals surface area contributed by atoms with Gasteiger partial charge in [0.1, 0.15) is 0 Å². The van der Waals surface area contributed by atoms with Crippen LogP contribution in [0.15, 0.2) is 42.6 Å². The van der Waals surface area contributed by atoms with Crippen LogP contribution in [0, 0.1) is 0 Å². The van der Waals surface area contributed by atoms with Gasteiger partial charge in [-0.1, -0.05) is 31.5 Å². The fourth-order valence-electron chi connectivity index (χ4n) is 3.11. The molecule has 0 unspecified atom stereocenters. The van der Waals surface area contributed by atoms with Crippen molar-refractivity contribution in [3.63, 3.8) is 0 Å². The summed E-state index contributed by atoms with van der Waals surface area (Å²) in [5.74, 6) is 0.0996. The Hall–Kier alpha value is -2.56. The van der Waals surface area contributed by atoms with Gasteiger partial charge in [0.15, 0.2) is 0 Å². The zero-order chi connectivity index (χ0) is 16.9. The number of aromatic amines is 1. The van der Waals surface area contributed by atoms with Crippen LogP contribution in [0.5, 0.6) is 0 Å². The lowest BCUT2D eigenvalue weighted by molar-refractivity contribution is 0.0535. The van der Waals surface area contributed by atoms with E-state index in [-0.39, 0.29) is 11.8 Å². The number of aromatic nitrogens is 1. The molecule has 0 bridgehead atoms. The molecule has 3 rings (SSSR count). The molecule has 1 aliphatic rings. The molecule has 5 heteroatoms. The SMILES string of the molecule is CCCc1[nH]ccc1C(=O)N1CCN(C(=O)c2ccccc2)CC1. The lowest BCUT2D eigenvalue weighted by Gasteiger charge is -2.35. The van der Waals surface area contributed by atoms with Crippen molar-refractivity contribution in [1.82, 2.24) is 14.8 Å². The first-order valence-electron chi connectivity index (χ1n) is 8.50. The summed E-state index contributed by atoms with van der Waals surface area (Å²) >= 11 is 0. The van der Waals surface area contributed by atoms with E-state index in [2.05, 4.69) is 11.9 Å². The fourth-order valence-corrected chi connectivity index (χ4v) is 3.11. The number of hydrogen-bond donors (Lipinski definition) is 1. The first-order valence-corrected chi connectivity index (χ1v) is 8.50. The molecule has 126 valence electrons. The molecule has 2 amide bonds. The number of H-pyrrole nitrogens is 1. The Morgan fingerprint density at radius 1 is 0.958 bits per heavy atom. The van der Waals surface area contributed by atoms with Crippen molar-refractivity contribution in [2.45, 2.75) is 19.8 Å². The normalized spacial score (nSPS) is 14.7. The van der Waals surface area contributed by atoms with Crippen LogP contribution in [-0.4, -0.2) is 52.8 Å². The highest BCUT2D eigenvalue weighted by Gasteiger charge is 2.26. The Kier molecular flexibility index (Phi) is 4.99. The number of aryl methyl sites for hydroxylation is 1. The average molecular weight is 325 g/mol. The van der Waals surface area contributed by atoms with Gasteiger partial charge in [0.05, 0.1) is 5.56 Å². The van der Waals surface area contributed by atoms with Gasteiger partial charge in [0, 0.05) is 43.6 Å². The fraction of sp³-hybridized carbons (Fsp3) is 0.368. The number of amides is 2. The molecule has 1 aromatic heterocycles. The zero-order valence-corrected chi connectivity index (χ0v) is 14.0. The minimum absolute atomic E-state index is 0.0380. The van der Waals surface area contributed by atoms with E-state index < -0.39 is 0 Å². The Morgan fingerprint density at radius 3 is 2.21 bits per heavy atom. The van der Waals surface area contributed by atoms with Crippen molar-refractivity contribution >= 4 is 11.8 Å².